The fourth-order valence-electron chi connectivity index (χ4n) is 3.10. The second-order valence-corrected chi connectivity index (χ2v) is 8.70. The zero-order valence-electron chi connectivity index (χ0n) is 16.1. The lowest BCUT2D eigenvalue weighted by Gasteiger charge is -2.03. The number of carbonyl (C=O) groups is 1. The molecule has 0 saturated carbocycles. The second kappa shape index (κ2) is 8.45. The number of benzene rings is 3. The van der Waals surface area contributed by atoms with Crippen LogP contribution < -0.4 is 0 Å². The van der Waals surface area contributed by atoms with E-state index in [0.29, 0.717) is 16.7 Å². The van der Waals surface area contributed by atoms with Gasteiger partial charge >= 0.3 is 5.97 Å². The molecule has 0 aliphatic heterocycles. The predicted octanol–water partition coefficient (Wildman–Crippen LogP) is 6.74. The zero-order chi connectivity index (χ0) is 21.2. The molecule has 5 aromatic rings. The molecule has 152 valence electrons. The molecular weight excluding hydrogens is 476 g/mol. The van der Waals surface area contributed by atoms with Crippen molar-refractivity contribution in [2.75, 3.05) is 0 Å². The van der Waals surface area contributed by atoms with Gasteiger partial charge in [-0.25, -0.2) is 14.8 Å². The van der Waals surface area contributed by atoms with Gasteiger partial charge in [-0.3, -0.25) is 0 Å². The summed E-state index contributed by atoms with van der Waals surface area (Å²) in [6.07, 6.45) is 0. The van der Waals surface area contributed by atoms with Gasteiger partial charge < -0.3 is 9.15 Å². The number of carbonyl (C=O) groups excluding carboxylic acids is 1. The maximum atomic E-state index is 13.0. The molecule has 0 fully saturated rings. The van der Waals surface area contributed by atoms with Gasteiger partial charge in [0.15, 0.2) is 16.5 Å². The predicted molar refractivity (Wildman–Crippen MR) is 124 cm³/mol. The highest BCUT2D eigenvalue weighted by Crippen LogP contribution is 2.36. The number of fused-ring (bicyclic) bond motifs is 1. The number of ether oxygens (including phenoxy) is 1. The first-order valence-electron chi connectivity index (χ1n) is 9.51. The number of oxazole rings is 1. The average molecular weight is 491 g/mol. The first kappa shape index (κ1) is 19.7. The summed E-state index contributed by atoms with van der Waals surface area (Å²) in [4.78, 5) is 22.1. The van der Waals surface area contributed by atoms with Gasteiger partial charge in [0.1, 0.15) is 6.61 Å². The second-order valence-electron chi connectivity index (χ2n) is 6.76. The summed E-state index contributed by atoms with van der Waals surface area (Å²) >= 11 is 4.91. The Morgan fingerprint density at radius 2 is 1.71 bits per heavy atom. The van der Waals surface area contributed by atoms with Crippen LogP contribution in [0.1, 0.15) is 16.1 Å². The first-order valence-corrected chi connectivity index (χ1v) is 11.1. The molecule has 3 aromatic carbocycles. The summed E-state index contributed by atoms with van der Waals surface area (Å²) in [6.45, 7) is 0.152. The molecule has 0 radical (unpaired) electrons. The van der Waals surface area contributed by atoms with Crippen LogP contribution in [0.2, 0.25) is 0 Å². The zero-order valence-corrected chi connectivity index (χ0v) is 18.5. The summed E-state index contributed by atoms with van der Waals surface area (Å²) in [7, 11) is 0. The number of rotatable bonds is 5. The van der Waals surface area contributed by atoms with Crippen molar-refractivity contribution in [2.45, 2.75) is 6.61 Å². The van der Waals surface area contributed by atoms with Crippen molar-refractivity contribution in [1.29, 1.82) is 0 Å². The summed E-state index contributed by atoms with van der Waals surface area (Å²) in [6, 6.07) is 24.8. The highest BCUT2D eigenvalue weighted by atomic mass is 79.9. The van der Waals surface area contributed by atoms with Gasteiger partial charge in [-0.05, 0) is 35.9 Å². The van der Waals surface area contributed by atoms with E-state index in [9.17, 15) is 4.79 Å². The third-order valence-electron chi connectivity index (χ3n) is 4.60. The van der Waals surface area contributed by atoms with Gasteiger partial charge in [-0.2, -0.15) is 0 Å². The number of hydrogen-bond acceptors (Lipinski definition) is 6. The Balaban J connectivity index is 1.55. The van der Waals surface area contributed by atoms with Crippen molar-refractivity contribution in [1.82, 2.24) is 9.97 Å². The number of hydrogen-bond donors (Lipinski definition) is 0. The Hall–Kier alpha value is -3.29. The topological polar surface area (TPSA) is 65.2 Å². The van der Waals surface area contributed by atoms with Crippen LogP contribution in [0.3, 0.4) is 0 Å². The molecular formula is C24H15BrN2O3S. The molecule has 31 heavy (non-hydrogen) atoms. The molecule has 0 atom stereocenters. The Bertz CT molecular complexity index is 1360. The van der Waals surface area contributed by atoms with Gasteiger partial charge in [-0.1, -0.05) is 64.5 Å². The Kier molecular flexibility index (Phi) is 5.36. The van der Waals surface area contributed by atoms with E-state index < -0.39 is 5.97 Å². The van der Waals surface area contributed by atoms with Gasteiger partial charge in [0, 0.05) is 10.0 Å². The van der Waals surface area contributed by atoms with Gasteiger partial charge in [0.05, 0.1) is 10.2 Å². The molecule has 5 rings (SSSR count). The summed E-state index contributed by atoms with van der Waals surface area (Å²) in [5.41, 5.74) is 2.60. The smallest absolute Gasteiger partial charge is 0.361 e. The van der Waals surface area contributed by atoms with Crippen LogP contribution >= 0.6 is 27.3 Å². The Labute approximate surface area is 190 Å². The average Bonchev–Trinajstić information content (AvgIpc) is 3.43. The highest BCUT2D eigenvalue weighted by Gasteiger charge is 2.26. The van der Waals surface area contributed by atoms with Gasteiger partial charge in [0.25, 0.3) is 0 Å². The number of nitrogens with zero attached hydrogens (tertiary/aromatic N) is 2. The SMILES string of the molecule is O=C(OCc1ccccc1)c1nc(-c2ccccc2)oc1-c1nc2cc(Br)ccc2s1. The fourth-order valence-corrected chi connectivity index (χ4v) is 4.37. The third-order valence-corrected chi connectivity index (χ3v) is 6.13. The van der Waals surface area contributed by atoms with Crippen LogP contribution in [0, 0.1) is 0 Å². The Morgan fingerprint density at radius 3 is 2.48 bits per heavy atom. The van der Waals surface area contributed by atoms with E-state index >= 15 is 0 Å². The van der Waals surface area contributed by atoms with Crippen molar-refractivity contribution < 1.29 is 13.9 Å². The van der Waals surface area contributed by atoms with E-state index in [0.717, 1.165) is 25.8 Å². The fraction of sp³-hybridized carbons (Fsp3) is 0.0417. The molecule has 0 aliphatic carbocycles. The Morgan fingerprint density at radius 1 is 0.968 bits per heavy atom. The minimum absolute atomic E-state index is 0.118. The molecule has 0 amide bonds. The van der Waals surface area contributed by atoms with Gasteiger partial charge in [0.2, 0.25) is 5.89 Å². The molecule has 0 spiro atoms. The van der Waals surface area contributed by atoms with Crippen LogP contribution in [0.5, 0.6) is 0 Å². The lowest BCUT2D eigenvalue weighted by molar-refractivity contribution is 0.0467. The molecule has 7 heteroatoms. The summed E-state index contributed by atoms with van der Waals surface area (Å²) < 4.78 is 13.5. The van der Waals surface area contributed by atoms with E-state index in [1.807, 2.05) is 78.9 Å². The molecule has 2 aromatic heterocycles. The minimum atomic E-state index is -0.551. The summed E-state index contributed by atoms with van der Waals surface area (Å²) in [5.74, 6) is 0.113. The number of esters is 1. The van der Waals surface area contributed by atoms with E-state index in [1.165, 1.54) is 11.3 Å². The molecule has 5 nitrogen and oxygen atoms in total. The van der Waals surface area contributed by atoms with Crippen molar-refractivity contribution in [3.63, 3.8) is 0 Å². The van der Waals surface area contributed by atoms with E-state index in [1.54, 1.807) is 0 Å². The number of aromatic nitrogens is 2. The molecule has 0 bridgehead atoms. The molecule has 0 N–H and O–H groups in total. The molecule has 0 unspecified atom stereocenters. The molecule has 0 aliphatic rings. The van der Waals surface area contributed by atoms with Gasteiger partial charge in [-0.15, -0.1) is 11.3 Å². The minimum Gasteiger partial charge on any atom is -0.456 e. The molecule has 2 heterocycles. The quantitative estimate of drug-likeness (QED) is 0.255. The normalized spacial score (nSPS) is 11.0. The van der Waals surface area contributed by atoms with Crippen LogP contribution in [0.15, 0.2) is 87.8 Å². The van der Waals surface area contributed by atoms with Crippen LogP contribution in [-0.4, -0.2) is 15.9 Å². The van der Waals surface area contributed by atoms with E-state index in [4.69, 9.17) is 9.15 Å². The van der Waals surface area contributed by atoms with Crippen molar-refractivity contribution in [3.8, 4) is 22.2 Å². The maximum Gasteiger partial charge on any atom is 0.361 e. The lowest BCUT2D eigenvalue weighted by atomic mass is 10.2. The van der Waals surface area contributed by atoms with Crippen LogP contribution in [0.4, 0.5) is 0 Å². The number of halogens is 1. The lowest BCUT2D eigenvalue weighted by Crippen LogP contribution is -2.07. The third kappa shape index (κ3) is 4.15. The summed E-state index contributed by atoms with van der Waals surface area (Å²) in [5, 5.41) is 0.578. The van der Waals surface area contributed by atoms with E-state index in [2.05, 4.69) is 25.9 Å². The maximum absolute atomic E-state index is 13.0. The van der Waals surface area contributed by atoms with Crippen molar-refractivity contribution >= 4 is 43.5 Å². The van der Waals surface area contributed by atoms with Crippen molar-refractivity contribution in [3.05, 3.63) is 94.6 Å². The standard InChI is InChI=1S/C24H15BrN2O3S/c25-17-11-12-19-18(13-17)26-23(31-19)21-20(24(28)29-14-15-7-3-1-4-8-15)27-22(30-21)16-9-5-2-6-10-16/h1-13H,14H2. The molecule has 0 saturated heterocycles. The van der Waals surface area contributed by atoms with E-state index in [-0.39, 0.29) is 12.3 Å². The number of thiazole rings is 1. The van der Waals surface area contributed by atoms with Crippen LogP contribution in [0.25, 0.3) is 32.4 Å². The highest BCUT2D eigenvalue weighted by molar-refractivity contribution is 9.10. The first-order chi connectivity index (χ1) is 15.2. The monoisotopic (exact) mass is 490 g/mol. The van der Waals surface area contributed by atoms with Crippen LogP contribution in [-0.2, 0) is 11.3 Å². The largest absolute Gasteiger partial charge is 0.456 e. The van der Waals surface area contributed by atoms with Crippen molar-refractivity contribution in [2.24, 2.45) is 0 Å².